The first-order valence-corrected chi connectivity index (χ1v) is 11.6. The number of rotatable bonds is 4. The molecule has 0 saturated heterocycles. The summed E-state index contributed by atoms with van der Waals surface area (Å²) in [5, 5.41) is 13.1. The van der Waals surface area contributed by atoms with Gasteiger partial charge in [0, 0.05) is 22.9 Å². The number of carbonyl (C=O) groups is 3. The molecule has 0 radical (unpaired) electrons. The Bertz CT molecular complexity index is 1020. The van der Waals surface area contributed by atoms with Crippen LogP contribution in [0.3, 0.4) is 0 Å². The van der Waals surface area contributed by atoms with Crippen molar-refractivity contribution in [2.45, 2.75) is 64.4 Å². The molecule has 0 bridgehead atoms. The molecule has 1 saturated carbocycles. The average molecular weight is 454 g/mol. The number of phenolic OH excluding ortho intramolecular Hbond substituents is 1. The lowest BCUT2D eigenvalue weighted by Crippen LogP contribution is -2.43. The number of benzene rings is 1. The highest BCUT2D eigenvalue weighted by molar-refractivity contribution is 6.12. The van der Waals surface area contributed by atoms with Crippen molar-refractivity contribution in [3.63, 3.8) is 0 Å². The van der Waals surface area contributed by atoms with E-state index in [0.29, 0.717) is 28.8 Å². The molecule has 3 aliphatic rings. The van der Waals surface area contributed by atoms with E-state index < -0.39 is 23.8 Å². The van der Waals surface area contributed by atoms with Crippen molar-refractivity contribution in [3.8, 4) is 5.75 Å². The van der Waals surface area contributed by atoms with Gasteiger partial charge in [-0.05, 0) is 62.6 Å². The largest absolute Gasteiger partial charge is 0.508 e. The molecule has 1 aromatic rings. The first kappa shape index (κ1) is 23.1. The molecule has 7 nitrogen and oxygen atoms in total. The van der Waals surface area contributed by atoms with Gasteiger partial charge in [0.1, 0.15) is 17.8 Å². The molecule has 3 atom stereocenters. The van der Waals surface area contributed by atoms with E-state index in [0.717, 1.165) is 37.8 Å². The number of esters is 2. The van der Waals surface area contributed by atoms with Gasteiger partial charge in [-0.1, -0.05) is 25.5 Å². The third-order valence-electron chi connectivity index (χ3n) is 7.02. The summed E-state index contributed by atoms with van der Waals surface area (Å²) in [5.41, 5.74) is 2.82. The zero-order chi connectivity index (χ0) is 23.7. The van der Waals surface area contributed by atoms with Gasteiger partial charge in [0.2, 0.25) is 0 Å². The maximum absolute atomic E-state index is 13.7. The van der Waals surface area contributed by atoms with Crippen LogP contribution in [0.5, 0.6) is 5.75 Å². The zero-order valence-electron chi connectivity index (χ0n) is 19.3. The average Bonchev–Trinajstić information content (AvgIpc) is 2.79. The Morgan fingerprint density at radius 3 is 2.39 bits per heavy atom. The summed E-state index contributed by atoms with van der Waals surface area (Å²) in [5.74, 6) is -3.12. The highest BCUT2D eigenvalue weighted by Crippen LogP contribution is 2.46. The summed E-state index contributed by atoms with van der Waals surface area (Å²) in [6.45, 7) is 3.67. The van der Waals surface area contributed by atoms with Crippen LogP contribution in [-0.4, -0.2) is 36.0 Å². The maximum Gasteiger partial charge on any atom is 0.337 e. The van der Waals surface area contributed by atoms with Crippen LogP contribution in [-0.2, 0) is 23.9 Å². The second-order valence-corrected chi connectivity index (χ2v) is 9.29. The lowest BCUT2D eigenvalue weighted by atomic mass is 9.69. The van der Waals surface area contributed by atoms with Gasteiger partial charge in [0.05, 0.1) is 12.7 Å². The number of methoxy groups -OCH3 is 1. The fourth-order valence-corrected chi connectivity index (χ4v) is 5.35. The smallest absolute Gasteiger partial charge is 0.337 e. The topological polar surface area (TPSA) is 102 Å². The summed E-state index contributed by atoms with van der Waals surface area (Å²) in [7, 11) is 1.28. The molecule has 0 spiro atoms. The SMILES string of the molecule is COC(=O)[C@H]1C(=O)C2=C(C[C@H]1C)NC(C)=C(C(=O)OC1CCCCC1)[C@H]2c1ccc(O)cc1. The van der Waals surface area contributed by atoms with Gasteiger partial charge in [-0.3, -0.25) is 9.59 Å². The van der Waals surface area contributed by atoms with Crippen LogP contribution >= 0.6 is 0 Å². The first-order valence-electron chi connectivity index (χ1n) is 11.6. The summed E-state index contributed by atoms with van der Waals surface area (Å²) in [6.07, 6.45) is 5.23. The first-order chi connectivity index (χ1) is 15.8. The van der Waals surface area contributed by atoms with Gasteiger partial charge in [0.25, 0.3) is 0 Å². The number of aromatic hydroxyl groups is 1. The summed E-state index contributed by atoms with van der Waals surface area (Å²) >= 11 is 0. The van der Waals surface area contributed by atoms with E-state index in [4.69, 9.17) is 9.47 Å². The third-order valence-corrected chi connectivity index (χ3v) is 7.02. The Morgan fingerprint density at radius 1 is 1.09 bits per heavy atom. The minimum atomic E-state index is -0.927. The summed E-state index contributed by atoms with van der Waals surface area (Å²) in [6, 6.07) is 6.47. The predicted molar refractivity (Wildman–Crippen MR) is 121 cm³/mol. The predicted octanol–water partition coefficient (Wildman–Crippen LogP) is 3.88. The van der Waals surface area contributed by atoms with E-state index in [-0.39, 0.29) is 23.6 Å². The van der Waals surface area contributed by atoms with Crippen molar-refractivity contribution < 1.29 is 29.0 Å². The van der Waals surface area contributed by atoms with Crippen molar-refractivity contribution in [1.29, 1.82) is 0 Å². The highest BCUT2D eigenvalue weighted by atomic mass is 16.5. The van der Waals surface area contributed by atoms with Crippen molar-refractivity contribution in [1.82, 2.24) is 5.32 Å². The van der Waals surface area contributed by atoms with Gasteiger partial charge >= 0.3 is 11.9 Å². The molecule has 0 unspecified atom stereocenters. The fraction of sp³-hybridized carbons (Fsp3) is 0.500. The Morgan fingerprint density at radius 2 is 1.76 bits per heavy atom. The van der Waals surface area contributed by atoms with Crippen molar-refractivity contribution in [2.24, 2.45) is 11.8 Å². The molecule has 4 rings (SSSR count). The second-order valence-electron chi connectivity index (χ2n) is 9.29. The summed E-state index contributed by atoms with van der Waals surface area (Å²) < 4.78 is 10.8. The van der Waals surface area contributed by atoms with Crippen LogP contribution in [0.15, 0.2) is 46.8 Å². The normalized spacial score (nSPS) is 25.9. The molecule has 1 aliphatic heterocycles. The number of allylic oxidation sites excluding steroid dienone is 3. The zero-order valence-corrected chi connectivity index (χ0v) is 19.3. The highest BCUT2D eigenvalue weighted by Gasteiger charge is 2.47. The van der Waals surface area contributed by atoms with E-state index in [2.05, 4.69) is 5.32 Å². The Balaban J connectivity index is 1.77. The van der Waals surface area contributed by atoms with Crippen molar-refractivity contribution in [2.75, 3.05) is 7.11 Å². The number of dihydropyridines is 1. The molecule has 176 valence electrons. The molecule has 33 heavy (non-hydrogen) atoms. The molecule has 2 aliphatic carbocycles. The summed E-state index contributed by atoms with van der Waals surface area (Å²) in [4.78, 5) is 39.6. The standard InChI is InChI=1S/C26H31NO6/c1-14-13-19-23(24(29)20(14)25(30)32-3)22(16-9-11-17(28)12-10-16)21(15(2)27-19)26(31)33-18-7-5-4-6-8-18/h9-12,14,18,20,22,27-28H,4-8,13H2,1-3H3/t14-,20-,22-/m1/s1. The van der Waals surface area contributed by atoms with E-state index in [1.807, 2.05) is 13.8 Å². The molecule has 1 heterocycles. The number of hydrogen-bond donors (Lipinski definition) is 2. The van der Waals surface area contributed by atoms with Crippen molar-refractivity contribution >= 4 is 17.7 Å². The minimum Gasteiger partial charge on any atom is -0.508 e. The van der Waals surface area contributed by atoms with Crippen LogP contribution in [0.1, 0.15) is 63.9 Å². The van der Waals surface area contributed by atoms with Crippen molar-refractivity contribution in [3.05, 3.63) is 52.4 Å². The fourth-order valence-electron chi connectivity index (χ4n) is 5.35. The number of nitrogens with one attached hydrogen (secondary N) is 1. The van der Waals surface area contributed by atoms with Crippen LogP contribution < -0.4 is 5.32 Å². The van der Waals surface area contributed by atoms with Gasteiger partial charge in [0.15, 0.2) is 5.78 Å². The van der Waals surface area contributed by atoms with Gasteiger partial charge in [-0.25, -0.2) is 4.79 Å². The molecule has 1 aromatic carbocycles. The van der Waals surface area contributed by atoms with Gasteiger partial charge in [-0.15, -0.1) is 0 Å². The van der Waals surface area contributed by atoms with Crippen LogP contribution in [0.25, 0.3) is 0 Å². The molecule has 0 aromatic heterocycles. The van der Waals surface area contributed by atoms with Gasteiger partial charge in [-0.2, -0.15) is 0 Å². The van der Waals surface area contributed by atoms with E-state index in [9.17, 15) is 19.5 Å². The number of phenols is 1. The minimum absolute atomic E-state index is 0.0879. The number of carbonyl (C=O) groups excluding carboxylic acids is 3. The quantitative estimate of drug-likeness (QED) is 0.527. The lowest BCUT2D eigenvalue weighted by Gasteiger charge is -2.38. The number of ether oxygens (including phenoxy) is 2. The van der Waals surface area contributed by atoms with E-state index in [1.165, 1.54) is 19.2 Å². The monoisotopic (exact) mass is 453 g/mol. The Kier molecular flexibility index (Phi) is 6.58. The second kappa shape index (κ2) is 9.41. The number of ketones is 1. The molecule has 2 N–H and O–H groups in total. The molecular formula is C26H31NO6. The number of Topliss-reactive ketones (excluding diaryl/α,β-unsaturated/α-hetero) is 1. The van der Waals surface area contributed by atoms with Crippen LogP contribution in [0.4, 0.5) is 0 Å². The lowest BCUT2D eigenvalue weighted by molar-refractivity contribution is -0.151. The van der Waals surface area contributed by atoms with Gasteiger partial charge < -0.3 is 19.9 Å². The third kappa shape index (κ3) is 4.41. The van der Waals surface area contributed by atoms with Crippen LogP contribution in [0.2, 0.25) is 0 Å². The Hall–Kier alpha value is -3.09. The van der Waals surface area contributed by atoms with E-state index >= 15 is 0 Å². The maximum atomic E-state index is 13.7. The molecule has 1 fully saturated rings. The molecule has 0 amide bonds. The van der Waals surface area contributed by atoms with E-state index in [1.54, 1.807) is 12.1 Å². The molecule has 7 heteroatoms. The number of hydrogen-bond acceptors (Lipinski definition) is 7. The van der Waals surface area contributed by atoms with Crippen LogP contribution in [0, 0.1) is 11.8 Å². The molecular weight excluding hydrogens is 422 g/mol. The Labute approximate surface area is 193 Å².